The highest BCUT2D eigenvalue weighted by molar-refractivity contribution is 5.88. The number of carbonyl (C=O) groups excluding carboxylic acids is 2. The van der Waals surface area contributed by atoms with E-state index >= 15 is 0 Å². The SMILES string of the molecule is COc1ccc(-c2nnn(CC(=O)N(Cc3ccco3)[C@H](C(=O)NC3CCCC3)c3ccco3)n2)cc1OC. The number of ether oxygens (including phenoxy) is 2. The maximum atomic E-state index is 13.7. The zero-order valence-corrected chi connectivity index (χ0v) is 21.8. The highest BCUT2D eigenvalue weighted by Gasteiger charge is 2.36. The minimum atomic E-state index is -1.01. The van der Waals surface area contributed by atoms with Crippen LogP contribution in [0.15, 0.2) is 63.8 Å². The van der Waals surface area contributed by atoms with E-state index in [1.165, 1.54) is 29.3 Å². The van der Waals surface area contributed by atoms with Crippen LogP contribution in [0.2, 0.25) is 0 Å². The molecular weight excluding hydrogens is 504 g/mol. The molecule has 1 aliphatic rings. The van der Waals surface area contributed by atoms with E-state index < -0.39 is 11.9 Å². The summed E-state index contributed by atoms with van der Waals surface area (Å²) in [5.41, 5.74) is 0.642. The van der Waals surface area contributed by atoms with Crippen molar-refractivity contribution in [1.82, 2.24) is 30.4 Å². The average Bonchev–Trinajstić information content (AvgIpc) is 3.77. The standard InChI is InChI=1S/C27H30N6O6/c1-36-21-12-11-18(15-23(21)37-2)26-29-31-33(30-26)17-24(34)32(16-20-9-5-13-38-20)25(22-10-6-14-39-22)27(35)28-19-7-3-4-8-19/h5-6,9-15,19,25H,3-4,7-8,16-17H2,1-2H3,(H,28,35)/t25-/m0/s1. The Morgan fingerprint density at radius 3 is 2.54 bits per heavy atom. The first-order valence-corrected chi connectivity index (χ1v) is 12.7. The molecule has 0 radical (unpaired) electrons. The van der Waals surface area contributed by atoms with Crippen molar-refractivity contribution in [3.05, 3.63) is 66.5 Å². The van der Waals surface area contributed by atoms with Crippen LogP contribution in [0.25, 0.3) is 11.4 Å². The summed E-state index contributed by atoms with van der Waals surface area (Å²) in [5, 5.41) is 15.7. The molecule has 12 nitrogen and oxygen atoms in total. The molecule has 0 unspecified atom stereocenters. The zero-order chi connectivity index (χ0) is 27.2. The molecule has 4 aromatic rings. The number of nitrogens with zero attached hydrogens (tertiary/aromatic N) is 5. The van der Waals surface area contributed by atoms with Gasteiger partial charge >= 0.3 is 0 Å². The zero-order valence-electron chi connectivity index (χ0n) is 21.8. The third-order valence-electron chi connectivity index (χ3n) is 6.67. The smallest absolute Gasteiger partial charge is 0.250 e. The van der Waals surface area contributed by atoms with Crippen LogP contribution >= 0.6 is 0 Å². The maximum absolute atomic E-state index is 13.7. The number of amides is 2. The summed E-state index contributed by atoms with van der Waals surface area (Å²) in [4.78, 5) is 29.9. The number of benzene rings is 1. The summed E-state index contributed by atoms with van der Waals surface area (Å²) in [6, 6.07) is 11.1. The molecule has 12 heteroatoms. The number of nitrogens with one attached hydrogen (secondary N) is 1. The first-order valence-electron chi connectivity index (χ1n) is 12.7. The van der Waals surface area contributed by atoms with E-state index in [2.05, 4.69) is 20.7 Å². The van der Waals surface area contributed by atoms with E-state index in [-0.39, 0.29) is 25.0 Å². The molecule has 1 saturated carbocycles. The molecule has 1 aromatic carbocycles. The average molecular weight is 535 g/mol. The quantitative estimate of drug-likeness (QED) is 0.307. The highest BCUT2D eigenvalue weighted by atomic mass is 16.5. The second-order valence-electron chi connectivity index (χ2n) is 9.22. The molecule has 3 aromatic heterocycles. The van der Waals surface area contributed by atoms with Gasteiger partial charge in [-0.15, -0.1) is 10.2 Å². The summed E-state index contributed by atoms with van der Waals surface area (Å²) < 4.78 is 21.8. The summed E-state index contributed by atoms with van der Waals surface area (Å²) in [6.07, 6.45) is 6.94. The largest absolute Gasteiger partial charge is 0.493 e. The fourth-order valence-corrected chi connectivity index (χ4v) is 4.73. The number of methoxy groups -OCH3 is 2. The summed E-state index contributed by atoms with van der Waals surface area (Å²) >= 11 is 0. The van der Waals surface area contributed by atoms with Crippen LogP contribution < -0.4 is 14.8 Å². The van der Waals surface area contributed by atoms with Crippen molar-refractivity contribution in [2.45, 2.75) is 50.9 Å². The lowest BCUT2D eigenvalue weighted by molar-refractivity contribution is -0.143. The lowest BCUT2D eigenvalue weighted by Gasteiger charge is -2.30. The molecule has 2 amide bonds. The molecular formula is C27H30N6O6. The topological polar surface area (TPSA) is 138 Å². The molecule has 0 saturated heterocycles. The van der Waals surface area contributed by atoms with Gasteiger partial charge in [0.25, 0.3) is 5.91 Å². The van der Waals surface area contributed by atoms with E-state index in [1.54, 1.807) is 49.6 Å². The van der Waals surface area contributed by atoms with Crippen LogP contribution in [0, 0.1) is 0 Å². The number of furan rings is 2. The minimum Gasteiger partial charge on any atom is -0.493 e. The fourth-order valence-electron chi connectivity index (χ4n) is 4.73. The van der Waals surface area contributed by atoms with Gasteiger partial charge in [-0.25, -0.2) is 0 Å². The van der Waals surface area contributed by atoms with Crippen LogP contribution in [-0.2, 0) is 22.7 Å². The van der Waals surface area contributed by atoms with E-state index in [1.807, 2.05) is 0 Å². The molecule has 1 fully saturated rings. The van der Waals surface area contributed by atoms with Gasteiger partial charge < -0.3 is 28.5 Å². The Kier molecular flexibility index (Phi) is 7.90. The van der Waals surface area contributed by atoms with Gasteiger partial charge in [0.1, 0.15) is 18.1 Å². The monoisotopic (exact) mass is 534 g/mol. The fraction of sp³-hybridized carbons (Fsp3) is 0.370. The van der Waals surface area contributed by atoms with Gasteiger partial charge in [0.2, 0.25) is 11.7 Å². The van der Waals surface area contributed by atoms with Gasteiger partial charge in [0, 0.05) is 11.6 Å². The molecule has 39 heavy (non-hydrogen) atoms. The molecule has 0 aliphatic heterocycles. The molecule has 204 valence electrons. The number of aromatic nitrogens is 4. The Morgan fingerprint density at radius 2 is 1.85 bits per heavy atom. The second kappa shape index (κ2) is 11.8. The minimum absolute atomic E-state index is 0.0481. The van der Waals surface area contributed by atoms with Crippen LogP contribution in [0.1, 0.15) is 43.2 Å². The van der Waals surface area contributed by atoms with Crippen molar-refractivity contribution in [3.8, 4) is 22.9 Å². The Labute approximate surface area is 224 Å². The first kappa shape index (κ1) is 26.0. The Bertz CT molecular complexity index is 1380. The summed E-state index contributed by atoms with van der Waals surface area (Å²) in [6.45, 7) is -0.207. The van der Waals surface area contributed by atoms with Gasteiger partial charge in [0.05, 0.1) is 33.3 Å². The van der Waals surface area contributed by atoms with Gasteiger partial charge in [-0.05, 0) is 60.5 Å². The Hall–Kier alpha value is -4.61. The van der Waals surface area contributed by atoms with Crippen molar-refractivity contribution in [2.75, 3.05) is 14.2 Å². The molecule has 5 rings (SSSR count). The normalized spacial score (nSPS) is 14.2. The third-order valence-corrected chi connectivity index (χ3v) is 6.67. The summed E-state index contributed by atoms with van der Waals surface area (Å²) in [7, 11) is 3.09. The van der Waals surface area contributed by atoms with Crippen LogP contribution in [0.5, 0.6) is 11.5 Å². The molecule has 0 spiro atoms. The van der Waals surface area contributed by atoms with Crippen LogP contribution in [0.4, 0.5) is 0 Å². The van der Waals surface area contributed by atoms with Crippen LogP contribution in [0.3, 0.4) is 0 Å². The Morgan fingerprint density at radius 1 is 1.08 bits per heavy atom. The molecule has 0 bridgehead atoms. The molecule has 3 heterocycles. The number of tetrazole rings is 1. The van der Waals surface area contributed by atoms with Crippen molar-refractivity contribution < 1.29 is 27.9 Å². The molecule has 1 aliphatic carbocycles. The second-order valence-corrected chi connectivity index (χ2v) is 9.22. The van der Waals surface area contributed by atoms with E-state index in [9.17, 15) is 9.59 Å². The lowest BCUT2D eigenvalue weighted by Crippen LogP contribution is -2.46. The van der Waals surface area contributed by atoms with Gasteiger partial charge in [-0.3, -0.25) is 9.59 Å². The van der Waals surface area contributed by atoms with Crippen molar-refractivity contribution >= 4 is 11.8 Å². The predicted octanol–water partition coefficient (Wildman–Crippen LogP) is 3.37. The number of rotatable bonds is 11. The first-order chi connectivity index (χ1) is 19.1. The maximum Gasteiger partial charge on any atom is 0.250 e. The third kappa shape index (κ3) is 5.95. The van der Waals surface area contributed by atoms with E-state index in [0.717, 1.165) is 25.7 Å². The van der Waals surface area contributed by atoms with Gasteiger partial charge in [-0.2, -0.15) is 4.80 Å². The number of hydrogen-bond donors (Lipinski definition) is 1. The number of carbonyl (C=O) groups is 2. The van der Waals surface area contributed by atoms with Gasteiger partial charge in [-0.1, -0.05) is 12.8 Å². The van der Waals surface area contributed by atoms with Gasteiger partial charge in [0.15, 0.2) is 17.5 Å². The van der Waals surface area contributed by atoms with E-state index in [0.29, 0.717) is 34.4 Å². The predicted molar refractivity (Wildman–Crippen MR) is 137 cm³/mol. The Balaban J connectivity index is 1.40. The number of hydrogen-bond acceptors (Lipinski definition) is 9. The van der Waals surface area contributed by atoms with Crippen molar-refractivity contribution in [3.63, 3.8) is 0 Å². The van der Waals surface area contributed by atoms with Crippen molar-refractivity contribution in [2.24, 2.45) is 0 Å². The van der Waals surface area contributed by atoms with Crippen LogP contribution in [-0.4, -0.2) is 57.2 Å². The van der Waals surface area contributed by atoms with Crippen molar-refractivity contribution in [1.29, 1.82) is 0 Å². The molecule has 1 N–H and O–H groups in total. The lowest BCUT2D eigenvalue weighted by atomic mass is 10.1. The van der Waals surface area contributed by atoms with E-state index in [4.69, 9.17) is 18.3 Å². The highest BCUT2D eigenvalue weighted by Crippen LogP contribution is 2.31. The molecule has 1 atom stereocenters. The summed E-state index contributed by atoms with van der Waals surface area (Å²) in [5.74, 6) is 1.54.